The van der Waals surface area contributed by atoms with E-state index < -0.39 is 0 Å². The number of benzene rings is 1. The van der Waals surface area contributed by atoms with Crippen molar-refractivity contribution < 1.29 is 4.52 Å². The minimum atomic E-state index is 0.588. The first-order chi connectivity index (χ1) is 11.3. The van der Waals surface area contributed by atoms with E-state index in [1.165, 1.54) is 19.3 Å². The normalized spacial score (nSPS) is 11.5. The van der Waals surface area contributed by atoms with Crippen molar-refractivity contribution in [3.05, 3.63) is 42.1 Å². The molecule has 0 saturated heterocycles. The van der Waals surface area contributed by atoms with E-state index in [9.17, 15) is 0 Å². The summed E-state index contributed by atoms with van der Waals surface area (Å²) in [4.78, 5) is 4.22. The first kappa shape index (κ1) is 17.1. The van der Waals surface area contributed by atoms with Crippen LogP contribution in [0.3, 0.4) is 0 Å². The van der Waals surface area contributed by atoms with Crippen molar-refractivity contribution in [2.24, 2.45) is 4.99 Å². The average molecular weight is 314 g/mol. The number of nitrogens with one attached hydrogen (secondary N) is 2. The largest absolute Gasteiger partial charge is 0.356 e. The van der Waals surface area contributed by atoms with Gasteiger partial charge >= 0.3 is 0 Å². The summed E-state index contributed by atoms with van der Waals surface area (Å²) in [6.45, 7) is 3.74. The maximum absolute atomic E-state index is 5.39. The summed E-state index contributed by atoms with van der Waals surface area (Å²) >= 11 is 0. The maximum Gasteiger partial charge on any atom is 0.191 e. The number of aromatic nitrogens is 1. The molecule has 2 N–H and O–H groups in total. The minimum absolute atomic E-state index is 0.588. The third-order valence-electron chi connectivity index (χ3n) is 3.60. The van der Waals surface area contributed by atoms with E-state index in [1.807, 2.05) is 36.4 Å². The SMILES string of the molecule is CCCCCCNC(=NC)NCc1cc(-c2ccccc2)on1. The molecule has 124 valence electrons. The van der Waals surface area contributed by atoms with E-state index in [-0.39, 0.29) is 0 Å². The minimum Gasteiger partial charge on any atom is -0.356 e. The second-order valence-corrected chi connectivity index (χ2v) is 5.46. The fourth-order valence-electron chi connectivity index (χ4n) is 2.29. The highest BCUT2D eigenvalue weighted by atomic mass is 16.5. The Bertz CT molecular complexity index is 592. The van der Waals surface area contributed by atoms with Gasteiger partial charge in [-0.3, -0.25) is 4.99 Å². The average Bonchev–Trinajstić information content (AvgIpc) is 3.07. The Morgan fingerprint density at radius 3 is 2.70 bits per heavy atom. The molecular formula is C18H26N4O. The van der Waals surface area contributed by atoms with Crippen molar-refractivity contribution in [1.82, 2.24) is 15.8 Å². The fraction of sp³-hybridized carbons (Fsp3) is 0.444. The van der Waals surface area contributed by atoms with Crippen molar-refractivity contribution in [2.75, 3.05) is 13.6 Å². The lowest BCUT2D eigenvalue weighted by Gasteiger charge is -2.10. The number of aliphatic imine (C=N–C) groups is 1. The quantitative estimate of drug-likeness (QED) is 0.444. The Kier molecular flexibility index (Phi) is 7.17. The monoisotopic (exact) mass is 314 g/mol. The zero-order valence-electron chi connectivity index (χ0n) is 14.0. The van der Waals surface area contributed by atoms with Gasteiger partial charge in [-0.15, -0.1) is 0 Å². The maximum atomic E-state index is 5.39. The predicted molar refractivity (Wildman–Crippen MR) is 94.3 cm³/mol. The van der Waals surface area contributed by atoms with Gasteiger partial charge in [-0.2, -0.15) is 0 Å². The highest BCUT2D eigenvalue weighted by molar-refractivity contribution is 5.79. The Morgan fingerprint density at radius 2 is 1.96 bits per heavy atom. The lowest BCUT2D eigenvalue weighted by molar-refractivity contribution is 0.422. The number of unbranched alkanes of at least 4 members (excludes halogenated alkanes) is 3. The van der Waals surface area contributed by atoms with Crippen molar-refractivity contribution in [1.29, 1.82) is 0 Å². The van der Waals surface area contributed by atoms with Crippen LogP contribution in [0.1, 0.15) is 38.3 Å². The number of hydrogen-bond donors (Lipinski definition) is 2. The zero-order valence-corrected chi connectivity index (χ0v) is 14.0. The lowest BCUT2D eigenvalue weighted by atomic mass is 10.2. The molecule has 0 saturated carbocycles. The second-order valence-electron chi connectivity index (χ2n) is 5.46. The van der Waals surface area contributed by atoms with Gasteiger partial charge in [0.1, 0.15) is 5.69 Å². The van der Waals surface area contributed by atoms with E-state index in [2.05, 4.69) is 27.7 Å². The van der Waals surface area contributed by atoms with Crippen LogP contribution in [0.25, 0.3) is 11.3 Å². The molecule has 23 heavy (non-hydrogen) atoms. The van der Waals surface area contributed by atoms with Crippen LogP contribution in [-0.4, -0.2) is 24.7 Å². The summed E-state index contributed by atoms with van der Waals surface area (Å²) in [6, 6.07) is 11.9. The summed E-state index contributed by atoms with van der Waals surface area (Å²) in [6.07, 6.45) is 4.96. The second kappa shape index (κ2) is 9.66. The summed E-state index contributed by atoms with van der Waals surface area (Å²) < 4.78 is 5.39. The molecule has 2 aromatic rings. The highest BCUT2D eigenvalue weighted by Crippen LogP contribution is 2.19. The molecule has 1 aromatic heterocycles. The molecule has 1 heterocycles. The summed E-state index contributed by atoms with van der Waals surface area (Å²) in [5.74, 6) is 1.58. The standard InChI is InChI=1S/C18H26N4O/c1-3-4-5-9-12-20-18(19-2)21-14-16-13-17(23-22-16)15-10-7-6-8-11-15/h6-8,10-11,13H,3-5,9,12,14H2,1-2H3,(H2,19,20,21). The van der Waals surface area contributed by atoms with Gasteiger partial charge in [0.05, 0.1) is 6.54 Å². The van der Waals surface area contributed by atoms with E-state index in [0.717, 1.165) is 35.9 Å². The van der Waals surface area contributed by atoms with Gasteiger partial charge in [-0.1, -0.05) is 61.7 Å². The first-order valence-electron chi connectivity index (χ1n) is 8.29. The third kappa shape index (κ3) is 5.77. The lowest BCUT2D eigenvalue weighted by Crippen LogP contribution is -2.37. The summed E-state index contributed by atoms with van der Waals surface area (Å²) in [5.41, 5.74) is 1.89. The van der Waals surface area contributed by atoms with Gasteiger partial charge in [0.2, 0.25) is 0 Å². The number of guanidine groups is 1. The molecule has 0 aliphatic heterocycles. The first-order valence-corrected chi connectivity index (χ1v) is 8.29. The van der Waals surface area contributed by atoms with Gasteiger partial charge in [0, 0.05) is 25.2 Å². The third-order valence-corrected chi connectivity index (χ3v) is 3.60. The fourth-order valence-corrected chi connectivity index (χ4v) is 2.29. The van der Waals surface area contributed by atoms with E-state index >= 15 is 0 Å². The number of rotatable bonds is 8. The number of hydrogen-bond acceptors (Lipinski definition) is 3. The molecular weight excluding hydrogens is 288 g/mol. The molecule has 0 fully saturated rings. The molecule has 0 spiro atoms. The van der Waals surface area contributed by atoms with Gasteiger partial charge in [0.25, 0.3) is 0 Å². The molecule has 0 amide bonds. The van der Waals surface area contributed by atoms with Crippen molar-refractivity contribution in [3.8, 4) is 11.3 Å². The van der Waals surface area contributed by atoms with Crippen LogP contribution in [0.5, 0.6) is 0 Å². The highest BCUT2D eigenvalue weighted by Gasteiger charge is 2.06. The van der Waals surface area contributed by atoms with E-state index in [4.69, 9.17) is 4.52 Å². The molecule has 0 atom stereocenters. The van der Waals surface area contributed by atoms with Crippen LogP contribution in [-0.2, 0) is 6.54 Å². The van der Waals surface area contributed by atoms with Crippen LogP contribution in [0, 0.1) is 0 Å². The Balaban J connectivity index is 1.77. The Hall–Kier alpha value is -2.30. The number of nitrogens with zero attached hydrogens (tertiary/aromatic N) is 2. The molecule has 5 heteroatoms. The molecule has 0 bridgehead atoms. The molecule has 1 aromatic carbocycles. The van der Waals surface area contributed by atoms with Crippen molar-refractivity contribution in [2.45, 2.75) is 39.2 Å². The van der Waals surface area contributed by atoms with Gasteiger partial charge < -0.3 is 15.2 Å². The van der Waals surface area contributed by atoms with Gasteiger partial charge in [-0.05, 0) is 6.42 Å². The van der Waals surface area contributed by atoms with Crippen molar-refractivity contribution >= 4 is 5.96 Å². The zero-order chi connectivity index (χ0) is 16.3. The molecule has 2 rings (SSSR count). The van der Waals surface area contributed by atoms with Crippen LogP contribution in [0.4, 0.5) is 0 Å². The van der Waals surface area contributed by atoms with Crippen molar-refractivity contribution in [3.63, 3.8) is 0 Å². The summed E-state index contributed by atoms with van der Waals surface area (Å²) in [7, 11) is 1.78. The van der Waals surface area contributed by atoms with E-state index in [1.54, 1.807) is 7.05 Å². The van der Waals surface area contributed by atoms with Crippen LogP contribution >= 0.6 is 0 Å². The topological polar surface area (TPSA) is 62.5 Å². The predicted octanol–water partition coefficient (Wildman–Crippen LogP) is 3.59. The molecule has 0 radical (unpaired) electrons. The molecule has 0 aliphatic rings. The van der Waals surface area contributed by atoms with Gasteiger partial charge in [-0.25, -0.2) is 0 Å². The van der Waals surface area contributed by atoms with E-state index in [0.29, 0.717) is 6.54 Å². The Labute approximate surface area is 138 Å². The summed E-state index contributed by atoms with van der Waals surface area (Å²) in [5, 5.41) is 10.7. The molecule has 5 nitrogen and oxygen atoms in total. The molecule has 0 unspecified atom stereocenters. The van der Waals surface area contributed by atoms with Crippen LogP contribution < -0.4 is 10.6 Å². The molecule has 0 aliphatic carbocycles. The Morgan fingerprint density at radius 1 is 1.13 bits per heavy atom. The van der Waals surface area contributed by atoms with Crippen LogP contribution in [0.15, 0.2) is 45.9 Å². The smallest absolute Gasteiger partial charge is 0.191 e. The van der Waals surface area contributed by atoms with Gasteiger partial charge in [0.15, 0.2) is 11.7 Å². The van der Waals surface area contributed by atoms with Crippen LogP contribution in [0.2, 0.25) is 0 Å².